The van der Waals surface area contributed by atoms with Gasteiger partial charge >= 0.3 is 5.97 Å². The van der Waals surface area contributed by atoms with Gasteiger partial charge in [0.05, 0.1) is 6.61 Å². The first-order chi connectivity index (χ1) is 9.06. The zero-order valence-electron chi connectivity index (χ0n) is 10.2. The third-order valence-corrected chi connectivity index (χ3v) is 4.86. The van der Waals surface area contributed by atoms with Gasteiger partial charge in [-0.15, -0.1) is 11.6 Å². The van der Waals surface area contributed by atoms with E-state index in [9.17, 15) is 9.59 Å². The lowest BCUT2D eigenvalue weighted by molar-refractivity contribution is -0.117. The van der Waals surface area contributed by atoms with Gasteiger partial charge in [0.1, 0.15) is 3.79 Å². The predicted molar refractivity (Wildman–Crippen MR) is 77.0 cm³/mol. The van der Waals surface area contributed by atoms with Gasteiger partial charge in [-0.05, 0) is 28.8 Å². The highest BCUT2D eigenvalue weighted by molar-refractivity contribution is 9.11. The monoisotopic (exact) mass is 366 g/mol. The fourth-order valence-corrected chi connectivity index (χ4v) is 3.50. The highest BCUT2D eigenvalue weighted by atomic mass is 79.9. The third kappa shape index (κ3) is 3.09. The molecule has 0 spiro atoms. The van der Waals surface area contributed by atoms with Crippen molar-refractivity contribution in [1.82, 2.24) is 4.98 Å². The van der Waals surface area contributed by atoms with Crippen LogP contribution in [0.5, 0.6) is 0 Å². The molecule has 0 N–H and O–H groups in total. The quantitative estimate of drug-likeness (QED) is 0.606. The summed E-state index contributed by atoms with van der Waals surface area (Å²) < 4.78 is 5.48. The number of anilines is 1. The number of amides is 1. The summed E-state index contributed by atoms with van der Waals surface area (Å²) >= 11 is 10.3. The zero-order valence-corrected chi connectivity index (χ0v) is 13.3. The second kappa shape index (κ2) is 6.19. The number of carbonyl (C=O) groups is 2. The molecule has 1 aromatic rings. The molecule has 104 valence electrons. The van der Waals surface area contributed by atoms with Crippen LogP contribution in [0.1, 0.15) is 23.8 Å². The molecule has 0 aliphatic carbocycles. The summed E-state index contributed by atoms with van der Waals surface area (Å²) in [6.45, 7) is 2.56. The Kier molecular flexibility index (Phi) is 4.81. The summed E-state index contributed by atoms with van der Waals surface area (Å²) in [7, 11) is 0. The summed E-state index contributed by atoms with van der Waals surface area (Å²) in [6.07, 6.45) is 0.426. The molecule has 1 fully saturated rings. The van der Waals surface area contributed by atoms with E-state index < -0.39 is 5.97 Å². The van der Waals surface area contributed by atoms with Gasteiger partial charge in [-0.3, -0.25) is 9.69 Å². The number of halogens is 2. The summed E-state index contributed by atoms with van der Waals surface area (Å²) in [5, 5.41) is 0.507. The van der Waals surface area contributed by atoms with Crippen LogP contribution < -0.4 is 4.90 Å². The lowest BCUT2D eigenvalue weighted by Crippen LogP contribution is -2.24. The molecule has 1 atom stereocenters. The summed E-state index contributed by atoms with van der Waals surface area (Å²) in [5.41, 5.74) is 0.212. The average Bonchev–Trinajstić information content (AvgIpc) is 2.92. The van der Waals surface area contributed by atoms with Gasteiger partial charge in [0.2, 0.25) is 5.91 Å². The average molecular weight is 368 g/mol. The number of alkyl halides is 1. The third-order valence-electron chi connectivity index (χ3n) is 2.70. The van der Waals surface area contributed by atoms with E-state index in [4.69, 9.17) is 16.3 Å². The normalized spacial score (nSPS) is 19.0. The standard InChI is InChI=1S/C11H12BrClN2O3S/c1-2-18-10(17)8-9(12)19-11(14-8)15-5-6(4-13)3-7(15)16/h6H,2-5H2,1H3. The minimum Gasteiger partial charge on any atom is -0.461 e. The largest absolute Gasteiger partial charge is 0.461 e. The van der Waals surface area contributed by atoms with Gasteiger partial charge < -0.3 is 4.74 Å². The summed E-state index contributed by atoms with van der Waals surface area (Å²) in [4.78, 5) is 29.3. The van der Waals surface area contributed by atoms with E-state index in [1.54, 1.807) is 11.8 Å². The second-order valence-corrected chi connectivity index (χ2v) is 6.67. The van der Waals surface area contributed by atoms with Gasteiger partial charge in [0.15, 0.2) is 10.8 Å². The van der Waals surface area contributed by atoms with Crippen LogP contribution in [0.15, 0.2) is 3.79 Å². The molecule has 1 aliphatic heterocycles. The van der Waals surface area contributed by atoms with Crippen molar-refractivity contribution in [2.45, 2.75) is 13.3 Å². The van der Waals surface area contributed by atoms with Gasteiger partial charge in [0, 0.05) is 18.8 Å². The lowest BCUT2D eigenvalue weighted by Gasteiger charge is -2.11. The molecule has 1 amide bonds. The van der Waals surface area contributed by atoms with E-state index in [1.807, 2.05) is 0 Å². The molecular weight excluding hydrogens is 356 g/mol. The number of carbonyl (C=O) groups excluding carboxylic acids is 2. The van der Waals surface area contributed by atoms with Crippen LogP contribution in [0, 0.1) is 5.92 Å². The number of hydrogen-bond donors (Lipinski definition) is 0. The number of esters is 1. The van der Waals surface area contributed by atoms with Crippen LogP contribution in [0.25, 0.3) is 0 Å². The predicted octanol–water partition coefficient (Wildman–Crippen LogP) is 2.67. The van der Waals surface area contributed by atoms with Crippen molar-refractivity contribution in [3.8, 4) is 0 Å². The highest BCUT2D eigenvalue weighted by Crippen LogP contribution is 2.34. The van der Waals surface area contributed by atoms with Gasteiger partial charge in [-0.1, -0.05) is 11.3 Å². The Morgan fingerprint density at radius 3 is 3.00 bits per heavy atom. The van der Waals surface area contributed by atoms with E-state index in [0.717, 1.165) is 0 Å². The highest BCUT2D eigenvalue weighted by Gasteiger charge is 2.33. The van der Waals surface area contributed by atoms with Crippen LogP contribution in [-0.4, -0.2) is 35.9 Å². The fourth-order valence-electron chi connectivity index (χ4n) is 1.80. The van der Waals surface area contributed by atoms with Crippen molar-refractivity contribution < 1.29 is 14.3 Å². The lowest BCUT2D eigenvalue weighted by atomic mass is 10.2. The van der Waals surface area contributed by atoms with Crippen LogP contribution >= 0.6 is 38.9 Å². The number of aromatic nitrogens is 1. The Morgan fingerprint density at radius 1 is 1.68 bits per heavy atom. The van der Waals surface area contributed by atoms with E-state index in [-0.39, 0.29) is 24.1 Å². The van der Waals surface area contributed by atoms with Gasteiger partial charge in [-0.2, -0.15) is 0 Å². The van der Waals surface area contributed by atoms with Crippen LogP contribution in [-0.2, 0) is 9.53 Å². The smallest absolute Gasteiger partial charge is 0.359 e. The van der Waals surface area contributed by atoms with E-state index in [0.29, 0.717) is 27.8 Å². The van der Waals surface area contributed by atoms with Crippen molar-refractivity contribution in [2.75, 3.05) is 23.9 Å². The van der Waals surface area contributed by atoms with Crippen molar-refractivity contribution in [3.63, 3.8) is 0 Å². The SMILES string of the molecule is CCOC(=O)c1nc(N2CC(CCl)CC2=O)sc1Br. The Hall–Kier alpha value is -0.660. The zero-order chi connectivity index (χ0) is 14.0. The second-order valence-electron chi connectivity index (χ2n) is 4.07. The molecule has 2 heterocycles. The van der Waals surface area contributed by atoms with Crippen molar-refractivity contribution >= 4 is 55.9 Å². The molecule has 0 radical (unpaired) electrons. The number of nitrogens with zero attached hydrogens (tertiary/aromatic N) is 2. The Balaban J connectivity index is 2.20. The van der Waals surface area contributed by atoms with Crippen molar-refractivity contribution in [1.29, 1.82) is 0 Å². The molecule has 1 aromatic heterocycles. The molecule has 19 heavy (non-hydrogen) atoms. The Labute approximate surface area is 128 Å². The topological polar surface area (TPSA) is 59.5 Å². The number of rotatable bonds is 4. The van der Waals surface area contributed by atoms with Crippen molar-refractivity contribution in [3.05, 3.63) is 9.48 Å². The summed E-state index contributed by atoms with van der Waals surface area (Å²) in [6, 6.07) is 0. The maximum Gasteiger partial charge on any atom is 0.359 e. The maximum absolute atomic E-state index is 11.9. The Morgan fingerprint density at radius 2 is 2.42 bits per heavy atom. The molecular formula is C11H12BrClN2O3S. The molecule has 1 unspecified atom stereocenters. The molecule has 0 saturated carbocycles. The van der Waals surface area contributed by atoms with Crippen LogP contribution in [0.3, 0.4) is 0 Å². The molecule has 1 aliphatic rings. The summed E-state index contributed by atoms with van der Waals surface area (Å²) in [5.74, 6) is 0.0853. The molecule has 1 saturated heterocycles. The molecule has 5 nitrogen and oxygen atoms in total. The number of hydrogen-bond acceptors (Lipinski definition) is 5. The van der Waals surface area contributed by atoms with Crippen LogP contribution in [0.2, 0.25) is 0 Å². The number of thiazole rings is 1. The molecule has 2 rings (SSSR count). The molecule has 8 heteroatoms. The maximum atomic E-state index is 11.9. The Bertz CT molecular complexity index is 508. The first-order valence-electron chi connectivity index (χ1n) is 5.76. The van der Waals surface area contributed by atoms with E-state index >= 15 is 0 Å². The fraction of sp³-hybridized carbons (Fsp3) is 0.545. The first kappa shape index (κ1) is 14.7. The van der Waals surface area contributed by atoms with E-state index in [1.165, 1.54) is 11.3 Å². The minimum atomic E-state index is -0.489. The molecule has 0 bridgehead atoms. The number of ether oxygens (including phenoxy) is 1. The van der Waals surface area contributed by atoms with Crippen molar-refractivity contribution in [2.24, 2.45) is 5.92 Å². The van der Waals surface area contributed by atoms with Gasteiger partial charge in [0.25, 0.3) is 0 Å². The molecule has 0 aromatic carbocycles. The first-order valence-corrected chi connectivity index (χ1v) is 7.91. The van der Waals surface area contributed by atoms with Gasteiger partial charge in [-0.25, -0.2) is 9.78 Å². The van der Waals surface area contributed by atoms with Crippen LogP contribution in [0.4, 0.5) is 5.13 Å². The minimum absolute atomic E-state index is 0.0118. The van der Waals surface area contributed by atoms with E-state index in [2.05, 4.69) is 20.9 Å².